The van der Waals surface area contributed by atoms with Gasteiger partial charge in [-0.3, -0.25) is 0 Å². The van der Waals surface area contributed by atoms with Crippen molar-refractivity contribution in [1.82, 2.24) is 0 Å². The van der Waals surface area contributed by atoms with Gasteiger partial charge in [-0.05, 0) is 77.1 Å². The highest BCUT2D eigenvalue weighted by Crippen LogP contribution is 2.45. The van der Waals surface area contributed by atoms with Crippen LogP contribution in [0.25, 0.3) is 11.1 Å². The third-order valence-electron chi connectivity index (χ3n) is 5.36. The second-order valence-corrected chi connectivity index (χ2v) is 6.89. The van der Waals surface area contributed by atoms with Gasteiger partial charge >= 0.3 is 0 Å². The van der Waals surface area contributed by atoms with Gasteiger partial charge in [-0.15, -0.1) is 0 Å². The summed E-state index contributed by atoms with van der Waals surface area (Å²) in [4.78, 5) is 0. The molecule has 0 fully saturated rings. The number of nitriles is 1. The predicted octanol–water partition coefficient (Wildman–Crippen LogP) is 5.40. The van der Waals surface area contributed by atoms with Crippen molar-refractivity contribution in [3.8, 4) is 17.6 Å². The van der Waals surface area contributed by atoms with E-state index in [1.54, 1.807) is 14.2 Å². The first kappa shape index (κ1) is 17.9. The molecule has 28 heavy (non-hydrogen) atoms. The summed E-state index contributed by atoms with van der Waals surface area (Å²) >= 11 is 0. The summed E-state index contributed by atoms with van der Waals surface area (Å²) in [6, 6.07) is 22.4. The molecular weight excluding hydrogens is 346 g/mol. The Bertz CT molecular complexity index is 1120. The molecule has 3 aromatic rings. The van der Waals surface area contributed by atoms with Crippen molar-refractivity contribution < 1.29 is 9.47 Å². The van der Waals surface area contributed by atoms with Crippen molar-refractivity contribution in [2.24, 2.45) is 0 Å². The van der Waals surface area contributed by atoms with Gasteiger partial charge in [0.2, 0.25) is 0 Å². The number of ether oxygens (including phenoxy) is 2. The fourth-order valence-corrected chi connectivity index (χ4v) is 3.93. The van der Waals surface area contributed by atoms with Crippen molar-refractivity contribution >= 4 is 11.1 Å². The number of hydrogen-bond acceptors (Lipinski definition) is 3. The Morgan fingerprint density at radius 2 is 1.57 bits per heavy atom. The minimum atomic E-state index is 0.678. The molecule has 1 aliphatic rings. The molecule has 0 radical (unpaired) electrons. The van der Waals surface area contributed by atoms with E-state index in [-0.39, 0.29) is 0 Å². The first-order valence-electron chi connectivity index (χ1n) is 9.21. The Hall–Kier alpha value is -3.51. The number of benzene rings is 3. The van der Waals surface area contributed by atoms with E-state index < -0.39 is 0 Å². The number of allylic oxidation sites excluding steroid dienone is 1. The van der Waals surface area contributed by atoms with E-state index in [4.69, 9.17) is 9.47 Å². The fraction of sp³-hybridized carbons (Fsp3) is 0.160. The smallest absolute Gasteiger partial charge is 0.119 e. The maximum absolute atomic E-state index is 9.69. The SMILES string of the molecule is COc1ccc(C2=C(c3ccccc3C#N)c3cc(OC)cc(C)c3C2)cc1. The maximum Gasteiger partial charge on any atom is 0.119 e. The predicted molar refractivity (Wildman–Crippen MR) is 112 cm³/mol. The molecule has 0 heterocycles. The van der Waals surface area contributed by atoms with Crippen molar-refractivity contribution in [2.45, 2.75) is 13.3 Å². The summed E-state index contributed by atoms with van der Waals surface area (Å²) in [6.45, 7) is 2.12. The first-order valence-corrected chi connectivity index (χ1v) is 9.21. The number of fused-ring (bicyclic) bond motifs is 1. The zero-order valence-corrected chi connectivity index (χ0v) is 16.2. The quantitative estimate of drug-likeness (QED) is 0.620. The molecule has 0 N–H and O–H groups in total. The molecule has 3 nitrogen and oxygen atoms in total. The van der Waals surface area contributed by atoms with E-state index in [2.05, 4.69) is 37.3 Å². The van der Waals surface area contributed by atoms with Crippen LogP contribution in [0.15, 0.2) is 60.7 Å². The highest BCUT2D eigenvalue weighted by Gasteiger charge is 2.27. The topological polar surface area (TPSA) is 42.2 Å². The van der Waals surface area contributed by atoms with Crippen LogP contribution in [0.1, 0.15) is 33.4 Å². The average Bonchev–Trinajstić information content (AvgIpc) is 3.13. The van der Waals surface area contributed by atoms with Gasteiger partial charge in [-0.1, -0.05) is 30.3 Å². The monoisotopic (exact) mass is 367 g/mol. The fourth-order valence-electron chi connectivity index (χ4n) is 3.93. The van der Waals surface area contributed by atoms with Crippen LogP contribution in [0.5, 0.6) is 11.5 Å². The Kier molecular flexibility index (Phi) is 4.63. The molecule has 4 rings (SSSR count). The van der Waals surface area contributed by atoms with Crippen LogP contribution in [0.3, 0.4) is 0 Å². The van der Waals surface area contributed by atoms with Crippen LogP contribution in [0.2, 0.25) is 0 Å². The van der Waals surface area contributed by atoms with Crippen LogP contribution in [-0.2, 0) is 6.42 Å². The van der Waals surface area contributed by atoms with Crippen LogP contribution >= 0.6 is 0 Å². The van der Waals surface area contributed by atoms with Crippen LogP contribution in [-0.4, -0.2) is 14.2 Å². The maximum atomic E-state index is 9.69. The van der Waals surface area contributed by atoms with E-state index in [1.807, 2.05) is 36.4 Å². The Morgan fingerprint density at radius 1 is 0.857 bits per heavy atom. The lowest BCUT2D eigenvalue weighted by atomic mass is 9.91. The van der Waals surface area contributed by atoms with Gasteiger partial charge in [0.05, 0.1) is 25.9 Å². The summed E-state index contributed by atoms with van der Waals surface area (Å²) in [5, 5.41) is 9.69. The molecule has 3 heteroatoms. The minimum Gasteiger partial charge on any atom is -0.497 e. The molecule has 0 atom stereocenters. The largest absolute Gasteiger partial charge is 0.497 e. The first-order chi connectivity index (χ1) is 13.7. The minimum absolute atomic E-state index is 0.678. The summed E-state index contributed by atoms with van der Waals surface area (Å²) in [7, 11) is 3.36. The number of aryl methyl sites for hydroxylation is 1. The van der Waals surface area contributed by atoms with Gasteiger partial charge in [0.15, 0.2) is 0 Å². The molecule has 1 aliphatic carbocycles. The van der Waals surface area contributed by atoms with Crippen molar-refractivity contribution in [1.29, 1.82) is 5.26 Å². The second-order valence-electron chi connectivity index (χ2n) is 6.89. The second kappa shape index (κ2) is 7.25. The van der Waals surface area contributed by atoms with Crippen LogP contribution in [0, 0.1) is 18.3 Å². The van der Waals surface area contributed by atoms with Crippen LogP contribution < -0.4 is 9.47 Å². The summed E-state index contributed by atoms with van der Waals surface area (Å²) < 4.78 is 10.8. The third-order valence-corrected chi connectivity index (χ3v) is 5.36. The van der Waals surface area contributed by atoms with E-state index in [0.29, 0.717) is 5.56 Å². The van der Waals surface area contributed by atoms with Gasteiger partial charge in [-0.25, -0.2) is 0 Å². The Labute approximate surface area is 165 Å². The Morgan fingerprint density at radius 3 is 2.25 bits per heavy atom. The number of nitrogens with zero attached hydrogens (tertiary/aromatic N) is 1. The summed E-state index contributed by atoms with van der Waals surface area (Å²) in [6.07, 6.45) is 0.826. The number of methoxy groups -OCH3 is 2. The summed E-state index contributed by atoms with van der Waals surface area (Å²) in [5.41, 5.74) is 8.73. The zero-order valence-electron chi connectivity index (χ0n) is 16.2. The molecule has 138 valence electrons. The summed E-state index contributed by atoms with van der Waals surface area (Å²) in [5.74, 6) is 1.66. The lowest BCUT2D eigenvalue weighted by molar-refractivity contribution is 0.414. The third kappa shape index (κ3) is 2.93. The van der Waals surface area contributed by atoms with E-state index in [1.165, 1.54) is 16.7 Å². The van der Waals surface area contributed by atoms with Gasteiger partial charge in [-0.2, -0.15) is 5.26 Å². The van der Waals surface area contributed by atoms with E-state index in [0.717, 1.165) is 40.2 Å². The lowest BCUT2D eigenvalue weighted by Crippen LogP contribution is -1.95. The zero-order chi connectivity index (χ0) is 19.7. The van der Waals surface area contributed by atoms with Gasteiger partial charge in [0.1, 0.15) is 11.5 Å². The van der Waals surface area contributed by atoms with E-state index >= 15 is 0 Å². The molecule has 0 aliphatic heterocycles. The number of rotatable bonds is 4. The normalized spacial score (nSPS) is 12.5. The average molecular weight is 367 g/mol. The molecule has 0 unspecified atom stereocenters. The van der Waals surface area contributed by atoms with Crippen molar-refractivity contribution in [3.05, 3.63) is 94.0 Å². The van der Waals surface area contributed by atoms with Gasteiger partial charge < -0.3 is 9.47 Å². The van der Waals surface area contributed by atoms with Crippen molar-refractivity contribution in [2.75, 3.05) is 14.2 Å². The highest BCUT2D eigenvalue weighted by molar-refractivity contribution is 6.05. The molecule has 0 saturated carbocycles. The molecule has 0 bridgehead atoms. The standard InChI is InChI=1S/C25H21NO2/c1-16-12-20(28-3)13-24-22(16)14-23(17-8-10-19(27-2)11-9-17)25(24)21-7-5-4-6-18(21)15-26/h4-13H,14H2,1-3H3. The van der Waals surface area contributed by atoms with Gasteiger partial charge in [0, 0.05) is 5.56 Å². The lowest BCUT2D eigenvalue weighted by Gasteiger charge is -2.13. The van der Waals surface area contributed by atoms with Crippen molar-refractivity contribution in [3.63, 3.8) is 0 Å². The van der Waals surface area contributed by atoms with Crippen LogP contribution in [0.4, 0.5) is 0 Å². The molecule has 0 spiro atoms. The van der Waals surface area contributed by atoms with Gasteiger partial charge in [0.25, 0.3) is 0 Å². The van der Waals surface area contributed by atoms with E-state index in [9.17, 15) is 5.26 Å². The molecule has 0 saturated heterocycles. The highest BCUT2D eigenvalue weighted by atomic mass is 16.5. The Balaban J connectivity index is 2.00. The molecule has 0 aromatic heterocycles. The molecular formula is C25H21NO2. The molecule has 0 amide bonds. The number of hydrogen-bond donors (Lipinski definition) is 0. The molecule has 3 aromatic carbocycles.